The van der Waals surface area contributed by atoms with E-state index < -0.39 is 11.6 Å². The van der Waals surface area contributed by atoms with Gasteiger partial charge in [-0.3, -0.25) is 9.59 Å². The summed E-state index contributed by atoms with van der Waals surface area (Å²) in [5.41, 5.74) is 2.16. The molecule has 1 heterocycles. The van der Waals surface area contributed by atoms with Gasteiger partial charge in [0, 0.05) is 35.0 Å². The lowest BCUT2D eigenvalue weighted by Crippen LogP contribution is -2.54. The Balaban J connectivity index is 1.63. The topological polar surface area (TPSA) is 67.9 Å². The van der Waals surface area contributed by atoms with Crippen molar-refractivity contribution in [2.75, 3.05) is 13.2 Å². The van der Waals surface area contributed by atoms with E-state index in [4.69, 9.17) is 32.7 Å². The van der Waals surface area contributed by atoms with Crippen LogP contribution in [0.1, 0.15) is 43.9 Å². The molecule has 4 rings (SSSR count). The molecule has 0 saturated carbocycles. The first kappa shape index (κ1) is 28.8. The quantitative estimate of drug-likeness (QED) is 0.331. The van der Waals surface area contributed by atoms with E-state index in [9.17, 15) is 9.59 Å². The van der Waals surface area contributed by atoms with E-state index in [1.54, 1.807) is 23.1 Å². The molecule has 0 radical (unpaired) electrons. The van der Waals surface area contributed by atoms with Gasteiger partial charge in [-0.15, -0.1) is 0 Å². The molecular weight excluding hydrogens is 535 g/mol. The third-order valence-electron chi connectivity index (χ3n) is 6.36. The zero-order chi connectivity index (χ0) is 28.0. The van der Waals surface area contributed by atoms with Gasteiger partial charge in [0.2, 0.25) is 11.8 Å². The first-order valence-electron chi connectivity index (χ1n) is 13.1. The molecule has 6 nitrogen and oxygen atoms in total. The van der Waals surface area contributed by atoms with Crippen molar-refractivity contribution in [1.29, 1.82) is 0 Å². The first-order chi connectivity index (χ1) is 18.6. The van der Waals surface area contributed by atoms with Crippen molar-refractivity contribution < 1.29 is 19.1 Å². The van der Waals surface area contributed by atoms with Crippen molar-refractivity contribution in [2.24, 2.45) is 0 Å². The number of amides is 2. The highest BCUT2D eigenvalue weighted by molar-refractivity contribution is 6.35. The van der Waals surface area contributed by atoms with Gasteiger partial charge in [0.15, 0.2) is 11.5 Å². The van der Waals surface area contributed by atoms with E-state index in [1.807, 2.05) is 69.3 Å². The molecule has 0 saturated heterocycles. The van der Waals surface area contributed by atoms with Crippen LogP contribution in [0.5, 0.6) is 11.5 Å². The number of carbonyl (C=O) groups excluding carboxylic acids is 2. The molecule has 1 N–H and O–H groups in total. The smallest absolute Gasteiger partial charge is 0.243 e. The maximum Gasteiger partial charge on any atom is 0.243 e. The number of nitrogens with zero attached hydrogens (tertiary/aromatic N) is 1. The van der Waals surface area contributed by atoms with Crippen LogP contribution >= 0.6 is 23.2 Å². The molecular formula is C31H34Cl2N2O4. The van der Waals surface area contributed by atoms with E-state index in [0.717, 1.165) is 16.7 Å². The number of rotatable bonds is 9. The Morgan fingerprint density at radius 2 is 1.64 bits per heavy atom. The minimum Gasteiger partial charge on any atom is -0.486 e. The number of nitrogens with one attached hydrogen (secondary N) is 1. The molecule has 3 aromatic rings. The van der Waals surface area contributed by atoms with Gasteiger partial charge >= 0.3 is 0 Å². The van der Waals surface area contributed by atoms with E-state index in [2.05, 4.69) is 5.32 Å². The van der Waals surface area contributed by atoms with Crippen LogP contribution in [0.2, 0.25) is 10.0 Å². The third-order valence-corrected chi connectivity index (χ3v) is 6.95. The first-order valence-corrected chi connectivity index (χ1v) is 13.8. The van der Waals surface area contributed by atoms with Gasteiger partial charge in [-0.1, -0.05) is 65.7 Å². The van der Waals surface area contributed by atoms with Gasteiger partial charge in [0.25, 0.3) is 0 Å². The van der Waals surface area contributed by atoms with Crippen LogP contribution in [0.25, 0.3) is 0 Å². The van der Waals surface area contributed by atoms with Crippen molar-refractivity contribution in [1.82, 2.24) is 10.2 Å². The fraction of sp³-hybridized carbons (Fsp3) is 0.355. The summed E-state index contributed by atoms with van der Waals surface area (Å²) in [6, 6.07) is 19.9. The van der Waals surface area contributed by atoms with Crippen molar-refractivity contribution in [3.8, 4) is 11.5 Å². The third kappa shape index (κ3) is 8.13. The second-order valence-electron chi connectivity index (χ2n) is 10.7. The average molecular weight is 570 g/mol. The summed E-state index contributed by atoms with van der Waals surface area (Å²) in [4.78, 5) is 29.2. The fourth-order valence-corrected chi connectivity index (χ4v) is 4.95. The lowest BCUT2D eigenvalue weighted by Gasteiger charge is -2.34. The van der Waals surface area contributed by atoms with Gasteiger partial charge in [0.1, 0.15) is 19.3 Å². The molecule has 8 heteroatoms. The van der Waals surface area contributed by atoms with Gasteiger partial charge in [-0.05, 0) is 68.1 Å². The predicted molar refractivity (Wildman–Crippen MR) is 155 cm³/mol. The standard InChI is InChI=1S/C31H34Cl2N2O4/c1-31(2,3)34-30(37)26(17-21-7-5-4-6-8-21)35(20-23-11-12-24(32)19-25(23)33)29(36)14-10-22-9-13-27-28(18-22)39-16-15-38-27/h4-9,11-13,18-19,26H,10,14-17,20H2,1-3H3,(H,34,37)/t26-/m1/s1. The van der Waals surface area contributed by atoms with Crippen LogP contribution in [0.4, 0.5) is 0 Å². The Labute approximate surface area is 240 Å². The summed E-state index contributed by atoms with van der Waals surface area (Å²) in [5, 5.41) is 4.03. The molecule has 39 heavy (non-hydrogen) atoms. The van der Waals surface area contributed by atoms with E-state index in [0.29, 0.717) is 47.6 Å². The maximum atomic E-state index is 13.9. The fourth-order valence-electron chi connectivity index (χ4n) is 4.48. The second-order valence-corrected chi connectivity index (χ2v) is 11.5. The number of benzene rings is 3. The molecule has 0 unspecified atom stereocenters. The Morgan fingerprint density at radius 3 is 2.33 bits per heavy atom. The van der Waals surface area contributed by atoms with Crippen LogP contribution in [0.15, 0.2) is 66.7 Å². The molecule has 0 spiro atoms. The molecule has 0 aromatic heterocycles. The molecule has 0 bridgehead atoms. The normalized spacial score (nSPS) is 13.5. The monoisotopic (exact) mass is 568 g/mol. The molecule has 2 amide bonds. The van der Waals surface area contributed by atoms with E-state index in [1.165, 1.54) is 0 Å². The highest BCUT2D eigenvalue weighted by Gasteiger charge is 2.32. The largest absolute Gasteiger partial charge is 0.486 e. The van der Waals surface area contributed by atoms with Crippen LogP contribution in [-0.2, 0) is 29.0 Å². The summed E-state index contributed by atoms with van der Waals surface area (Å²) in [7, 11) is 0. The number of fused-ring (bicyclic) bond motifs is 1. The minimum atomic E-state index is -0.744. The van der Waals surface area contributed by atoms with Crippen molar-refractivity contribution in [2.45, 2.75) is 58.2 Å². The summed E-state index contributed by atoms with van der Waals surface area (Å²) in [6.07, 6.45) is 1.06. The molecule has 1 atom stereocenters. The zero-order valence-electron chi connectivity index (χ0n) is 22.5. The lowest BCUT2D eigenvalue weighted by molar-refractivity contribution is -0.141. The Hall–Kier alpha value is -3.22. The molecule has 206 valence electrons. The predicted octanol–water partition coefficient (Wildman–Crippen LogP) is 6.25. The van der Waals surface area contributed by atoms with Crippen LogP contribution < -0.4 is 14.8 Å². The summed E-state index contributed by atoms with van der Waals surface area (Å²) >= 11 is 12.6. The summed E-state index contributed by atoms with van der Waals surface area (Å²) in [6.45, 7) is 6.96. The minimum absolute atomic E-state index is 0.152. The molecule has 0 fully saturated rings. The number of ether oxygens (including phenoxy) is 2. The number of aryl methyl sites for hydroxylation is 1. The Kier molecular flexibility index (Phi) is 9.41. The highest BCUT2D eigenvalue weighted by atomic mass is 35.5. The van der Waals surface area contributed by atoms with Gasteiger partial charge in [-0.2, -0.15) is 0 Å². The number of hydrogen-bond donors (Lipinski definition) is 1. The average Bonchev–Trinajstić information content (AvgIpc) is 2.90. The summed E-state index contributed by atoms with van der Waals surface area (Å²) < 4.78 is 11.3. The van der Waals surface area contributed by atoms with Crippen LogP contribution in [0, 0.1) is 0 Å². The lowest BCUT2D eigenvalue weighted by atomic mass is 9.99. The van der Waals surface area contributed by atoms with Crippen molar-refractivity contribution in [3.05, 3.63) is 93.5 Å². The van der Waals surface area contributed by atoms with Crippen LogP contribution in [0.3, 0.4) is 0 Å². The number of halogens is 2. The SMILES string of the molecule is CC(C)(C)NC(=O)[C@@H](Cc1ccccc1)N(Cc1ccc(Cl)cc1Cl)C(=O)CCc1ccc2c(c1)OCCO2. The highest BCUT2D eigenvalue weighted by Crippen LogP contribution is 2.31. The van der Waals surface area contributed by atoms with Gasteiger partial charge in [-0.25, -0.2) is 0 Å². The number of carbonyl (C=O) groups is 2. The molecule has 0 aliphatic carbocycles. The van der Waals surface area contributed by atoms with Crippen molar-refractivity contribution >= 4 is 35.0 Å². The van der Waals surface area contributed by atoms with Crippen molar-refractivity contribution in [3.63, 3.8) is 0 Å². The molecule has 3 aromatic carbocycles. The Bertz CT molecular complexity index is 1310. The van der Waals surface area contributed by atoms with Gasteiger partial charge in [0.05, 0.1) is 0 Å². The molecule has 1 aliphatic rings. The molecule has 1 aliphatic heterocycles. The second kappa shape index (κ2) is 12.8. The summed E-state index contributed by atoms with van der Waals surface area (Å²) in [5.74, 6) is 1.02. The van der Waals surface area contributed by atoms with Crippen LogP contribution in [-0.4, -0.2) is 41.5 Å². The van der Waals surface area contributed by atoms with E-state index in [-0.39, 0.29) is 24.8 Å². The number of hydrogen-bond acceptors (Lipinski definition) is 4. The van der Waals surface area contributed by atoms with E-state index >= 15 is 0 Å². The Morgan fingerprint density at radius 1 is 0.923 bits per heavy atom. The zero-order valence-corrected chi connectivity index (χ0v) is 24.0. The maximum absolute atomic E-state index is 13.9. The van der Waals surface area contributed by atoms with Gasteiger partial charge < -0.3 is 19.7 Å².